The van der Waals surface area contributed by atoms with Crippen LogP contribution in [0.1, 0.15) is 19.8 Å². The maximum absolute atomic E-state index is 11.3. The minimum absolute atomic E-state index is 0. The summed E-state index contributed by atoms with van der Waals surface area (Å²) < 4.78 is 0. The number of piperazine rings is 1. The number of nitrogens with zero attached hydrogens (tertiary/aromatic N) is 3. The third kappa shape index (κ3) is 7.47. The Balaban J connectivity index is 0.00000264. The molecule has 1 unspecified atom stereocenters. The van der Waals surface area contributed by atoms with Crippen molar-refractivity contribution in [2.24, 2.45) is 4.99 Å². The minimum atomic E-state index is 0. The SMILES string of the molecule is CN=C(NCCN1CCN(C(C)=O)CC1)NCC1CCCS1.I. The zero-order valence-electron chi connectivity index (χ0n) is 14.2. The average Bonchev–Trinajstić information content (AvgIpc) is 3.04. The molecule has 0 aliphatic carbocycles. The molecule has 2 N–H and O–H groups in total. The van der Waals surface area contributed by atoms with Gasteiger partial charge in [-0.15, -0.1) is 24.0 Å². The molecule has 0 saturated carbocycles. The maximum atomic E-state index is 11.3. The fraction of sp³-hybridized carbons (Fsp3) is 0.867. The van der Waals surface area contributed by atoms with Crippen LogP contribution >= 0.6 is 35.7 Å². The van der Waals surface area contributed by atoms with Crippen LogP contribution in [0.25, 0.3) is 0 Å². The molecule has 0 aromatic rings. The summed E-state index contributed by atoms with van der Waals surface area (Å²) in [5.41, 5.74) is 0. The van der Waals surface area contributed by atoms with Crippen molar-refractivity contribution < 1.29 is 4.79 Å². The molecule has 8 heteroatoms. The zero-order valence-corrected chi connectivity index (χ0v) is 17.4. The molecular formula is C15H30IN5OS. The number of nitrogens with one attached hydrogen (secondary N) is 2. The highest BCUT2D eigenvalue weighted by molar-refractivity contribution is 14.0. The van der Waals surface area contributed by atoms with Crippen molar-refractivity contribution in [3.8, 4) is 0 Å². The van der Waals surface area contributed by atoms with E-state index in [0.29, 0.717) is 0 Å². The van der Waals surface area contributed by atoms with Crippen LogP contribution in [-0.4, -0.2) is 85.5 Å². The quantitative estimate of drug-likeness (QED) is 0.366. The highest BCUT2D eigenvalue weighted by atomic mass is 127. The van der Waals surface area contributed by atoms with Crippen LogP contribution in [0.3, 0.4) is 0 Å². The van der Waals surface area contributed by atoms with E-state index in [2.05, 4.69) is 32.3 Å². The first-order chi connectivity index (χ1) is 10.7. The van der Waals surface area contributed by atoms with Gasteiger partial charge in [0.05, 0.1) is 0 Å². The summed E-state index contributed by atoms with van der Waals surface area (Å²) in [5, 5.41) is 7.53. The highest BCUT2D eigenvalue weighted by Crippen LogP contribution is 2.25. The van der Waals surface area contributed by atoms with Crippen molar-refractivity contribution in [1.82, 2.24) is 20.4 Å². The number of amides is 1. The van der Waals surface area contributed by atoms with Crippen molar-refractivity contribution in [3.63, 3.8) is 0 Å². The predicted molar refractivity (Wildman–Crippen MR) is 109 cm³/mol. The highest BCUT2D eigenvalue weighted by Gasteiger charge is 2.18. The number of rotatable bonds is 5. The summed E-state index contributed by atoms with van der Waals surface area (Å²) in [4.78, 5) is 19.9. The van der Waals surface area contributed by atoms with Gasteiger partial charge in [-0.05, 0) is 18.6 Å². The molecule has 0 spiro atoms. The Bertz CT molecular complexity index is 382. The van der Waals surface area contributed by atoms with E-state index in [9.17, 15) is 4.79 Å². The van der Waals surface area contributed by atoms with Gasteiger partial charge in [-0.25, -0.2) is 0 Å². The molecule has 1 amide bonds. The van der Waals surface area contributed by atoms with E-state index in [4.69, 9.17) is 0 Å². The fourth-order valence-electron chi connectivity index (χ4n) is 2.86. The van der Waals surface area contributed by atoms with Crippen LogP contribution in [0.4, 0.5) is 0 Å². The van der Waals surface area contributed by atoms with Gasteiger partial charge in [0.15, 0.2) is 5.96 Å². The van der Waals surface area contributed by atoms with Crippen molar-refractivity contribution in [2.75, 3.05) is 58.6 Å². The van der Waals surface area contributed by atoms with E-state index in [1.54, 1.807) is 6.92 Å². The molecule has 23 heavy (non-hydrogen) atoms. The average molecular weight is 455 g/mol. The predicted octanol–water partition coefficient (Wildman–Crippen LogP) is 0.829. The Kier molecular flexibility index (Phi) is 10.3. The number of hydrogen-bond donors (Lipinski definition) is 2. The Morgan fingerprint density at radius 1 is 1.26 bits per heavy atom. The molecule has 2 heterocycles. The molecule has 0 aromatic heterocycles. The molecule has 134 valence electrons. The Morgan fingerprint density at radius 3 is 2.57 bits per heavy atom. The topological polar surface area (TPSA) is 60.0 Å². The monoisotopic (exact) mass is 455 g/mol. The number of guanidine groups is 1. The second-order valence-corrected chi connectivity index (χ2v) is 7.27. The van der Waals surface area contributed by atoms with Crippen molar-refractivity contribution in [2.45, 2.75) is 25.0 Å². The van der Waals surface area contributed by atoms with Crippen LogP contribution in [-0.2, 0) is 4.79 Å². The van der Waals surface area contributed by atoms with Gasteiger partial charge in [0.25, 0.3) is 0 Å². The molecule has 2 aliphatic heterocycles. The van der Waals surface area contributed by atoms with Crippen LogP contribution in [0.5, 0.6) is 0 Å². The van der Waals surface area contributed by atoms with Crippen LogP contribution in [0, 0.1) is 0 Å². The van der Waals surface area contributed by atoms with Crippen LogP contribution < -0.4 is 10.6 Å². The summed E-state index contributed by atoms with van der Waals surface area (Å²) in [6.45, 7) is 8.15. The molecule has 2 rings (SSSR count). The number of aliphatic imine (C=N–C) groups is 1. The molecule has 0 aromatic carbocycles. The fourth-order valence-corrected chi connectivity index (χ4v) is 4.06. The smallest absolute Gasteiger partial charge is 0.219 e. The van der Waals surface area contributed by atoms with E-state index in [1.807, 2.05) is 11.9 Å². The van der Waals surface area contributed by atoms with Crippen molar-refractivity contribution in [3.05, 3.63) is 0 Å². The molecule has 0 bridgehead atoms. The van der Waals surface area contributed by atoms with Gasteiger partial charge in [-0.1, -0.05) is 0 Å². The van der Waals surface area contributed by atoms with Gasteiger partial charge in [0, 0.05) is 65.0 Å². The van der Waals surface area contributed by atoms with Crippen molar-refractivity contribution >= 4 is 47.6 Å². The van der Waals surface area contributed by atoms with Gasteiger partial charge >= 0.3 is 0 Å². The van der Waals surface area contributed by atoms with E-state index in [-0.39, 0.29) is 29.9 Å². The molecule has 6 nitrogen and oxygen atoms in total. The molecule has 2 fully saturated rings. The van der Waals surface area contributed by atoms with E-state index in [1.165, 1.54) is 18.6 Å². The Morgan fingerprint density at radius 2 is 2.00 bits per heavy atom. The lowest BCUT2D eigenvalue weighted by Gasteiger charge is -2.34. The molecule has 1 atom stereocenters. The summed E-state index contributed by atoms with van der Waals surface area (Å²) in [6.07, 6.45) is 2.66. The first-order valence-electron chi connectivity index (χ1n) is 8.23. The minimum Gasteiger partial charge on any atom is -0.355 e. The molecular weight excluding hydrogens is 425 g/mol. The standard InChI is InChI=1S/C15H29N5OS.HI/c1-13(21)20-9-7-19(8-10-20)6-5-17-15(16-2)18-12-14-4-3-11-22-14;/h14H,3-12H2,1-2H3,(H2,16,17,18);1H. The van der Waals surface area contributed by atoms with E-state index in [0.717, 1.165) is 57.0 Å². The maximum Gasteiger partial charge on any atom is 0.219 e. The third-order valence-electron chi connectivity index (χ3n) is 4.28. The lowest BCUT2D eigenvalue weighted by atomic mass is 10.2. The number of carbonyl (C=O) groups is 1. The number of hydrogen-bond acceptors (Lipinski definition) is 4. The summed E-state index contributed by atoms with van der Waals surface area (Å²) in [6, 6.07) is 0. The van der Waals surface area contributed by atoms with E-state index < -0.39 is 0 Å². The van der Waals surface area contributed by atoms with Crippen LogP contribution in [0.2, 0.25) is 0 Å². The van der Waals surface area contributed by atoms with Gasteiger partial charge in [-0.3, -0.25) is 14.7 Å². The molecule has 2 aliphatic rings. The summed E-state index contributed by atoms with van der Waals surface area (Å²) >= 11 is 2.06. The first-order valence-corrected chi connectivity index (χ1v) is 9.28. The van der Waals surface area contributed by atoms with Gasteiger partial charge in [0.1, 0.15) is 0 Å². The van der Waals surface area contributed by atoms with Gasteiger partial charge < -0.3 is 15.5 Å². The number of thioether (sulfide) groups is 1. The van der Waals surface area contributed by atoms with Gasteiger partial charge in [0.2, 0.25) is 5.91 Å². The molecule has 2 saturated heterocycles. The lowest BCUT2D eigenvalue weighted by molar-refractivity contribution is -0.130. The largest absolute Gasteiger partial charge is 0.355 e. The number of halogens is 1. The van der Waals surface area contributed by atoms with Gasteiger partial charge in [-0.2, -0.15) is 11.8 Å². The van der Waals surface area contributed by atoms with Crippen LogP contribution in [0.15, 0.2) is 4.99 Å². The zero-order chi connectivity index (χ0) is 15.8. The summed E-state index contributed by atoms with van der Waals surface area (Å²) in [5.74, 6) is 2.38. The Labute approximate surface area is 161 Å². The Hall–Kier alpha value is -0.220. The second-order valence-electron chi connectivity index (χ2n) is 5.86. The summed E-state index contributed by atoms with van der Waals surface area (Å²) in [7, 11) is 1.82. The lowest BCUT2D eigenvalue weighted by Crippen LogP contribution is -2.50. The van der Waals surface area contributed by atoms with E-state index >= 15 is 0 Å². The molecule has 0 radical (unpaired) electrons. The second kappa shape index (κ2) is 11.4. The first kappa shape index (κ1) is 20.8. The normalized spacial score (nSPS) is 22.6. The number of carbonyl (C=O) groups excluding carboxylic acids is 1. The third-order valence-corrected chi connectivity index (χ3v) is 5.68. The van der Waals surface area contributed by atoms with Crippen molar-refractivity contribution in [1.29, 1.82) is 0 Å².